The molecule has 0 aliphatic heterocycles. The monoisotopic (exact) mass is 269 g/mol. The second-order valence-corrected chi connectivity index (χ2v) is 4.53. The topological polar surface area (TPSA) is 48.3 Å². The molecule has 1 rings (SSSR count). The van der Waals surface area contributed by atoms with E-state index in [4.69, 9.17) is 9.47 Å². The average molecular weight is 269 g/mol. The minimum Gasteiger partial charge on any atom is -0.382 e. The predicted molar refractivity (Wildman–Crippen MR) is 76.2 cm³/mol. The lowest BCUT2D eigenvalue weighted by Gasteiger charge is -2.08. The first-order chi connectivity index (χ1) is 9.38. The van der Waals surface area contributed by atoms with Crippen LogP contribution in [0.5, 0.6) is 0 Å². The number of ether oxygens (including phenoxy) is 2. The third-order valence-electron chi connectivity index (χ3n) is 2.87. The van der Waals surface area contributed by atoms with Crippen molar-refractivity contribution in [3.63, 3.8) is 0 Å². The maximum atomic E-state index is 5.41. The van der Waals surface area contributed by atoms with Gasteiger partial charge in [-0.2, -0.15) is 0 Å². The van der Waals surface area contributed by atoms with Crippen molar-refractivity contribution in [2.75, 3.05) is 33.5 Å². The van der Waals surface area contributed by atoms with E-state index in [9.17, 15) is 0 Å². The summed E-state index contributed by atoms with van der Waals surface area (Å²) in [5, 5.41) is 3.43. The molecule has 1 N–H and O–H groups in total. The standard InChI is InChI=1S/C14H27N3O2/c1-3-8-17-9-7-16-14(17)13-15-6-4-5-10-19-12-11-18-2/h7,9,15H,3-6,8,10-13H2,1-2H3. The van der Waals surface area contributed by atoms with Crippen LogP contribution in [0.25, 0.3) is 0 Å². The van der Waals surface area contributed by atoms with Crippen molar-refractivity contribution in [2.24, 2.45) is 0 Å². The molecular formula is C14H27N3O2. The van der Waals surface area contributed by atoms with E-state index in [-0.39, 0.29) is 0 Å². The quantitative estimate of drug-likeness (QED) is 0.588. The number of hydrogen-bond acceptors (Lipinski definition) is 4. The van der Waals surface area contributed by atoms with Crippen LogP contribution in [0.1, 0.15) is 32.0 Å². The Morgan fingerprint density at radius 3 is 2.95 bits per heavy atom. The smallest absolute Gasteiger partial charge is 0.122 e. The SMILES string of the molecule is CCCn1ccnc1CNCCCCOCCOC. The molecule has 0 fully saturated rings. The molecule has 0 aromatic carbocycles. The molecule has 0 saturated heterocycles. The molecular weight excluding hydrogens is 242 g/mol. The van der Waals surface area contributed by atoms with Crippen molar-refractivity contribution in [3.8, 4) is 0 Å². The number of methoxy groups -OCH3 is 1. The van der Waals surface area contributed by atoms with Crippen LogP contribution in [0, 0.1) is 0 Å². The minimum absolute atomic E-state index is 0.679. The lowest BCUT2D eigenvalue weighted by Crippen LogP contribution is -2.18. The van der Waals surface area contributed by atoms with Crippen molar-refractivity contribution < 1.29 is 9.47 Å². The average Bonchev–Trinajstić information content (AvgIpc) is 2.85. The van der Waals surface area contributed by atoms with Crippen molar-refractivity contribution in [2.45, 2.75) is 39.3 Å². The number of nitrogens with zero attached hydrogens (tertiary/aromatic N) is 2. The third-order valence-corrected chi connectivity index (χ3v) is 2.87. The Labute approximate surface area is 116 Å². The number of aromatic nitrogens is 2. The first kappa shape index (κ1) is 16.1. The van der Waals surface area contributed by atoms with Gasteiger partial charge in [-0.05, 0) is 25.8 Å². The lowest BCUT2D eigenvalue weighted by molar-refractivity contribution is 0.0688. The summed E-state index contributed by atoms with van der Waals surface area (Å²) in [5.41, 5.74) is 0. The maximum Gasteiger partial charge on any atom is 0.122 e. The number of aryl methyl sites for hydroxylation is 1. The van der Waals surface area contributed by atoms with Gasteiger partial charge in [-0.15, -0.1) is 0 Å². The van der Waals surface area contributed by atoms with E-state index in [2.05, 4.69) is 21.8 Å². The van der Waals surface area contributed by atoms with Crippen molar-refractivity contribution in [3.05, 3.63) is 18.2 Å². The summed E-state index contributed by atoms with van der Waals surface area (Å²) in [6.45, 7) is 7.27. The van der Waals surface area contributed by atoms with Crippen molar-refractivity contribution in [1.29, 1.82) is 0 Å². The molecule has 0 spiro atoms. The zero-order chi connectivity index (χ0) is 13.8. The largest absolute Gasteiger partial charge is 0.382 e. The number of rotatable bonds is 12. The number of imidazole rings is 1. The summed E-state index contributed by atoms with van der Waals surface area (Å²) in [7, 11) is 1.69. The van der Waals surface area contributed by atoms with Crippen molar-refractivity contribution >= 4 is 0 Å². The molecule has 0 radical (unpaired) electrons. The molecule has 110 valence electrons. The van der Waals surface area contributed by atoms with E-state index in [1.807, 2.05) is 12.4 Å². The summed E-state index contributed by atoms with van der Waals surface area (Å²) in [4.78, 5) is 4.36. The Morgan fingerprint density at radius 2 is 2.16 bits per heavy atom. The Morgan fingerprint density at radius 1 is 1.26 bits per heavy atom. The number of nitrogens with one attached hydrogen (secondary N) is 1. The van der Waals surface area contributed by atoms with Crippen LogP contribution < -0.4 is 5.32 Å². The van der Waals surface area contributed by atoms with Crippen LogP contribution >= 0.6 is 0 Å². The second-order valence-electron chi connectivity index (χ2n) is 4.53. The van der Waals surface area contributed by atoms with Gasteiger partial charge in [0.05, 0.1) is 19.8 Å². The molecule has 0 unspecified atom stereocenters. The van der Waals surface area contributed by atoms with Gasteiger partial charge < -0.3 is 19.4 Å². The van der Waals surface area contributed by atoms with Crippen LogP contribution in [0.2, 0.25) is 0 Å². The first-order valence-electron chi connectivity index (χ1n) is 7.16. The Balaban J connectivity index is 1.97. The molecule has 1 heterocycles. The van der Waals surface area contributed by atoms with Crippen LogP contribution in [-0.4, -0.2) is 43.0 Å². The highest BCUT2D eigenvalue weighted by Gasteiger charge is 2.00. The summed E-state index contributed by atoms with van der Waals surface area (Å²) in [6, 6.07) is 0. The van der Waals surface area contributed by atoms with E-state index in [1.54, 1.807) is 7.11 Å². The fourth-order valence-electron chi connectivity index (χ4n) is 1.85. The van der Waals surface area contributed by atoms with E-state index in [0.29, 0.717) is 13.2 Å². The van der Waals surface area contributed by atoms with E-state index in [1.165, 1.54) is 0 Å². The fourth-order valence-corrected chi connectivity index (χ4v) is 1.85. The second kappa shape index (κ2) is 11.0. The minimum atomic E-state index is 0.679. The van der Waals surface area contributed by atoms with Crippen LogP contribution in [-0.2, 0) is 22.6 Å². The van der Waals surface area contributed by atoms with Gasteiger partial charge in [0.25, 0.3) is 0 Å². The third kappa shape index (κ3) is 7.30. The summed E-state index contributed by atoms with van der Waals surface area (Å²) in [6.07, 6.45) is 7.27. The molecule has 1 aromatic rings. The molecule has 0 saturated carbocycles. The van der Waals surface area contributed by atoms with Gasteiger partial charge in [0, 0.05) is 32.7 Å². The van der Waals surface area contributed by atoms with E-state index in [0.717, 1.165) is 51.3 Å². The van der Waals surface area contributed by atoms with Gasteiger partial charge in [0.15, 0.2) is 0 Å². The highest BCUT2D eigenvalue weighted by atomic mass is 16.5. The molecule has 0 aliphatic rings. The van der Waals surface area contributed by atoms with E-state index >= 15 is 0 Å². The van der Waals surface area contributed by atoms with Crippen LogP contribution in [0.4, 0.5) is 0 Å². The Kier molecular flexibility index (Phi) is 9.32. The number of unbranched alkanes of at least 4 members (excludes halogenated alkanes) is 1. The molecule has 0 aliphatic carbocycles. The highest BCUT2D eigenvalue weighted by Crippen LogP contribution is 1.99. The van der Waals surface area contributed by atoms with Gasteiger partial charge in [-0.25, -0.2) is 4.98 Å². The lowest BCUT2D eigenvalue weighted by atomic mass is 10.3. The molecule has 0 atom stereocenters. The summed E-state index contributed by atoms with van der Waals surface area (Å²) >= 11 is 0. The Hall–Kier alpha value is -0.910. The van der Waals surface area contributed by atoms with E-state index < -0.39 is 0 Å². The van der Waals surface area contributed by atoms with Gasteiger partial charge >= 0.3 is 0 Å². The van der Waals surface area contributed by atoms with Gasteiger partial charge in [-0.3, -0.25) is 0 Å². The number of hydrogen-bond donors (Lipinski definition) is 1. The van der Waals surface area contributed by atoms with Gasteiger partial charge in [-0.1, -0.05) is 6.92 Å². The molecule has 0 bridgehead atoms. The zero-order valence-corrected chi connectivity index (χ0v) is 12.2. The highest BCUT2D eigenvalue weighted by molar-refractivity contribution is 4.91. The molecule has 5 heteroatoms. The van der Waals surface area contributed by atoms with Crippen LogP contribution in [0.3, 0.4) is 0 Å². The summed E-state index contributed by atoms with van der Waals surface area (Å²) < 4.78 is 12.5. The predicted octanol–water partition coefficient (Wildman–Crippen LogP) is 1.83. The fraction of sp³-hybridized carbons (Fsp3) is 0.786. The van der Waals surface area contributed by atoms with Crippen LogP contribution in [0.15, 0.2) is 12.4 Å². The zero-order valence-electron chi connectivity index (χ0n) is 12.2. The molecule has 5 nitrogen and oxygen atoms in total. The normalized spacial score (nSPS) is 11.1. The molecule has 19 heavy (non-hydrogen) atoms. The van der Waals surface area contributed by atoms with Gasteiger partial charge in [0.2, 0.25) is 0 Å². The van der Waals surface area contributed by atoms with Crippen molar-refractivity contribution in [1.82, 2.24) is 14.9 Å². The van der Waals surface area contributed by atoms with Gasteiger partial charge in [0.1, 0.15) is 5.82 Å². The first-order valence-corrected chi connectivity index (χ1v) is 7.16. The summed E-state index contributed by atoms with van der Waals surface area (Å²) in [5.74, 6) is 1.12. The molecule has 0 amide bonds. The Bertz CT molecular complexity index is 315. The molecule has 1 aromatic heterocycles. The maximum absolute atomic E-state index is 5.41.